The third-order valence-electron chi connectivity index (χ3n) is 2.62. The molecule has 0 spiro atoms. The van der Waals surface area contributed by atoms with Gasteiger partial charge in [0, 0.05) is 0 Å². The standard InChI is InChI=1S/C7HF15O3S.Na.H/c8-1(9,2(10,11)4(14,15)6(18,19)20)3(12,13)5(16,17)7(21,22)26(23,24)25;;/h(H,23,24,25);;/q;+1;-1. The summed E-state index contributed by atoms with van der Waals surface area (Å²) >= 11 is 0. The van der Waals surface area contributed by atoms with Crippen LogP contribution in [0.15, 0.2) is 0 Å². The zero-order valence-corrected chi connectivity index (χ0v) is 14.7. The predicted molar refractivity (Wildman–Crippen MR) is 48.4 cm³/mol. The molecule has 0 heterocycles. The Kier molecular flexibility index (Phi) is 7.51. The second kappa shape index (κ2) is 6.98. The van der Waals surface area contributed by atoms with Crippen LogP contribution in [0.4, 0.5) is 65.9 Å². The average Bonchev–Trinajstić information content (AvgIpc) is 2.34. The Labute approximate surface area is 161 Å². The van der Waals surface area contributed by atoms with E-state index in [0.717, 1.165) is 0 Å². The largest absolute Gasteiger partial charge is 1.00 e. The Balaban J connectivity index is -0.00000312. The van der Waals surface area contributed by atoms with Crippen molar-refractivity contribution in [2.45, 2.75) is 41.0 Å². The van der Waals surface area contributed by atoms with Gasteiger partial charge in [0.2, 0.25) is 0 Å². The van der Waals surface area contributed by atoms with Gasteiger partial charge in [-0.15, -0.1) is 0 Å². The molecule has 0 unspecified atom stereocenters. The van der Waals surface area contributed by atoms with E-state index in [-0.39, 0.29) is 31.0 Å². The first-order chi connectivity index (χ1) is 10.8. The van der Waals surface area contributed by atoms with Crippen LogP contribution in [0.1, 0.15) is 1.43 Å². The molecular weight excluding hydrogens is 472 g/mol. The molecule has 1 N–H and O–H groups in total. The van der Waals surface area contributed by atoms with Crippen molar-refractivity contribution >= 4 is 10.1 Å². The van der Waals surface area contributed by atoms with Crippen LogP contribution in [0.2, 0.25) is 0 Å². The van der Waals surface area contributed by atoms with Gasteiger partial charge in [0.1, 0.15) is 0 Å². The van der Waals surface area contributed by atoms with Crippen molar-refractivity contribution < 1.29 is 110 Å². The number of halogens is 15. The summed E-state index contributed by atoms with van der Waals surface area (Å²) in [6.07, 6.45) is -7.75. The molecule has 0 radical (unpaired) electrons. The molecule has 0 rings (SSSR count). The van der Waals surface area contributed by atoms with Gasteiger partial charge >= 0.3 is 80.7 Å². The average molecular weight is 474 g/mol. The summed E-state index contributed by atoms with van der Waals surface area (Å²) in [6.45, 7) is 0. The topological polar surface area (TPSA) is 54.4 Å². The van der Waals surface area contributed by atoms with Crippen LogP contribution in [-0.4, -0.2) is 54.0 Å². The van der Waals surface area contributed by atoms with Gasteiger partial charge in [-0.05, 0) is 0 Å². The molecule has 0 saturated carbocycles. The minimum Gasteiger partial charge on any atom is -1.00 e. The van der Waals surface area contributed by atoms with Crippen LogP contribution < -0.4 is 29.6 Å². The molecule has 0 aromatic rings. The fourth-order valence-electron chi connectivity index (χ4n) is 1.11. The molecule has 27 heavy (non-hydrogen) atoms. The summed E-state index contributed by atoms with van der Waals surface area (Å²) in [5.74, 6) is -42.0. The van der Waals surface area contributed by atoms with Gasteiger partial charge in [-0.2, -0.15) is 74.3 Å². The second-order valence-corrected chi connectivity index (χ2v) is 5.82. The number of hydrogen-bond donors (Lipinski definition) is 1. The van der Waals surface area contributed by atoms with E-state index < -0.39 is 51.2 Å². The Morgan fingerprint density at radius 2 is 0.741 bits per heavy atom. The molecule has 0 amide bonds. The van der Waals surface area contributed by atoms with Gasteiger partial charge < -0.3 is 1.43 Å². The second-order valence-electron chi connectivity index (χ2n) is 4.36. The molecule has 0 aromatic heterocycles. The SMILES string of the molecule is O=S(=O)(O)C(F)(F)C(F)(F)C(F)(F)C(F)(F)C(F)(F)C(F)(F)C(F)(F)F.[H-].[Na+]. The molecule has 0 aliphatic carbocycles. The summed E-state index contributed by atoms with van der Waals surface area (Å²) in [6, 6.07) is 0. The van der Waals surface area contributed by atoms with Crippen molar-refractivity contribution in [2.75, 3.05) is 0 Å². The van der Waals surface area contributed by atoms with Gasteiger partial charge in [-0.1, -0.05) is 0 Å². The Morgan fingerprint density at radius 3 is 0.963 bits per heavy atom. The number of rotatable bonds is 6. The van der Waals surface area contributed by atoms with Crippen molar-refractivity contribution in [3.8, 4) is 0 Å². The molecule has 0 aliphatic rings. The molecule has 160 valence electrons. The summed E-state index contributed by atoms with van der Waals surface area (Å²) in [4.78, 5) is 0. The summed E-state index contributed by atoms with van der Waals surface area (Å²) < 4.78 is 215. The molecule has 0 aromatic carbocycles. The van der Waals surface area contributed by atoms with Gasteiger partial charge in [0.15, 0.2) is 0 Å². The van der Waals surface area contributed by atoms with Gasteiger partial charge in [0.05, 0.1) is 0 Å². The first-order valence-electron chi connectivity index (χ1n) is 5.05. The van der Waals surface area contributed by atoms with Crippen LogP contribution in [0.5, 0.6) is 0 Å². The molecule has 0 aliphatic heterocycles. The van der Waals surface area contributed by atoms with Crippen molar-refractivity contribution in [2.24, 2.45) is 0 Å². The summed E-state index contributed by atoms with van der Waals surface area (Å²) in [5.41, 5.74) is 0. The minimum atomic E-state index is -8.60. The van der Waals surface area contributed by atoms with E-state index in [1.54, 1.807) is 0 Å². The van der Waals surface area contributed by atoms with Crippen molar-refractivity contribution in [3.63, 3.8) is 0 Å². The molecule has 0 saturated heterocycles. The molecule has 0 atom stereocenters. The van der Waals surface area contributed by atoms with Crippen molar-refractivity contribution in [3.05, 3.63) is 0 Å². The number of hydrogen-bond acceptors (Lipinski definition) is 2. The molecule has 0 fully saturated rings. The normalized spacial score (nSPS) is 16.1. The monoisotopic (exact) mass is 474 g/mol. The van der Waals surface area contributed by atoms with E-state index in [9.17, 15) is 74.3 Å². The van der Waals surface area contributed by atoms with Gasteiger partial charge in [0.25, 0.3) is 0 Å². The maximum absolute atomic E-state index is 12.9. The third-order valence-corrected chi connectivity index (χ3v) is 3.53. The van der Waals surface area contributed by atoms with E-state index >= 15 is 0 Å². The van der Waals surface area contributed by atoms with Crippen LogP contribution in [0.3, 0.4) is 0 Å². The Bertz CT molecular complexity index is 657. The molecule has 3 nitrogen and oxygen atoms in total. The van der Waals surface area contributed by atoms with Crippen LogP contribution in [0.25, 0.3) is 0 Å². The molecular formula is C7H2F15NaO3S. The maximum atomic E-state index is 12.9. The third kappa shape index (κ3) is 3.73. The first-order valence-corrected chi connectivity index (χ1v) is 6.49. The first kappa shape index (κ1) is 29.1. The minimum absolute atomic E-state index is 0. The smallest absolute Gasteiger partial charge is 1.00 e. The van der Waals surface area contributed by atoms with Crippen LogP contribution in [0, 0.1) is 0 Å². The maximum Gasteiger partial charge on any atom is 1.00 e. The zero-order valence-electron chi connectivity index (χ0n) is 12.8. The Morgan fingerprint density at radius 1 is 0.519 bits per heavy atom. The van der Waals surface area contributed by atoms with E-state index in [1.165, 1.54) is 0 Å². The summed E-state index contributed by atoms with van der Waals surface area (Å²) in [5, 5.41) is -7.70. The van der Waals surface area contributed by atoms with E-state index in [0.29, 0.717) is 0 Å². The van der Waals surface area contributed by atoms with E-state index in [1.807, 2.05) is 0 Å². The summed E-state index contributed by atoms with van der Waals surface area (Å²) in [7, 11) is -7.76. The van der Waals surface area contributed by atoms with Crippen LogP contribution in [-0.2, 0) is 10.1 Å². The molecule has 0 bridgehead atoms. The number of alkyl halides is 15. The van der Waals surface area contributed by atoms with E-state index in [2.05, 4.69) is 0 Å². The van der Waals surface area contributed by atoms with E-state index in [4.69, 9.17) is 4.55 Å². The van der Waals surface area contributed by atoms with Gasteiger partial charge in [-0.25, -0.2) is 0 Å². The zero-order chi connectivity index (χ0) is 22.0. The van der Waals surface area contributed by atoms with Gasteiger partial charge in [-0.3, -0.25) is 4.55 Å². The fraction of sp³-hybridized carbons (Fsp3) is 1.00. The molecule has 20 heteroatoms. The predicted octanol–water partition coefficient (Wildman–Crippen LogP) is 1.32. The quantitative estimate of drug-likeness (QED) is 0.359. The van der Waals surface area contributed by atoms with Crippen LogP contribution >= 0.6 is 0 Å². The fourth-order valence-corrected chi connectivity index (χ4v) is 1.57. The Hall–Kier alpha value is -0.140. The van der Waals surface area contributed by atoms with Crippen molar-refractivity contribution in [1.82, 2.24) is 0 Å². The van der Waals surface area contributed by atoms with Crippen molar-refractivity contribution in [1.29, 1.82) is 0 Å².